The van der Waals surface area contributed by atoms with Gasteiger partial charge < -0.3 is 9.84 Å². The predicted octanol–water partition coefficient (Wildman–Crippen LogP) is 3.63. The predicted molar refractivity (Wildman–Crippen MR) is 72.7 cm³/mol. The van der Waals surface area contributed by atoms with Crippen molar-refractivity contribution in [2.24, 2.45) is 0 Å². The molecule has 0 saturated heterocycles. The molecule has 1 heterocycles. The molecule has 0 fully saturated rings. The highest BCUT2D eigenvalue weighted by Gasteiger charge is 2.16. The average Bonchev–Trinajstić information content (AvgIpc) is 2.44. The third-order valence-electron chi connectivity index (χ3n) is 3.25. The maximum absolute atomic E-state index is 9.66. The van der Waals surface area contributed by atoms with E-state index in [4.69, 9.17) is 4.74 Å². The van der Waals surface area contributed by atoms with E-state index in [1.165, 1.54) is 5.56 Å². The SMILES string of the molecule is Cc1c(O)ccc2c1OCC(c1ccccc1)=C2. The second kappa shape index (κ2) is 4.22. The van der Waals surface area contributed by atoms with Gasteiger partial charge in [0.05, 0.1) is 0 Å². The molecule has 0 amide bonds. The van der Waals surface area contributed by atoms with Gasteiger partial charge in [0, 0.05) is 11.1 Å². The van der Waals surface area contributed by atoms with E-state index in [1.54, 1.807) is 6.07 Å². The molecule has 18 heavy (non-hydrogen) atoms. The number of aromatic hydroxyl groups is 1. The van der Waals surface area contributed by atoms with E-state index >= 15 is 0 Å². The van der Waals surface area contributed by atoms with Crippen molar-refractivity contribution in [3.63, 3.8) is 0 Å². The molecule has 1 aliphatic rings. The lowest BCUT2D eigenvalue weighted by Gasteiger charge is -2.20. The van der Waals surface area contributed by atoms with Crippen LogP contribution in [0.25, 0.3) is 11.6 Å². The molecule has 0 spiro atoms. The van der Waals surface area contributed by atoms with Crippen molar-refractivity contribution < 1.29 is 9.84 Å². The Morgan fingerprint density at radius 2 is 1.83 bits per heavy atom. The number of ether oxygens (including phenoxy) is 1. The van der Waals surface area contributed by atoms with Crippen molar-refractivity contribution in [1.29, 1.82) is 0 Å². The van der Waals surface area contributed by atoms with Crippen LogP contribution in [-0.2, 0) is 0 Å². The van der Waals surface area contributed by atoms with Crippen molar-refractivity contribution >= 4 is 11.6 Å². The number of hydrogen-bond donors (Lipinski definition) is 1. The van der Waals surface area contributed by atoms with Gasteiger partial charge in [0.1, 0.15) is 18.1 Å². The fourth-order valence-corrected chi connectivity index (χ4v) is 2.21. The summed E-state index contributed by atoms with van der Waals surface area (Å²) in [6.07, 6.45) is 2.13. The zero-order chi connectivity index (χ0) is 12.5. The Morgan fingerprint density at radius 3 is 2.61 bits per heavy atom. The molecule has 2 heteroatoms. The maximum atomic E-state index is 9.66. The lowest BCUT2D eigenvalue weighted by molar-refractivity contribution is 0.358. The topological polar surface area (TPSA) is 29.5 Å². The largest absolute Gasteiger partial charge is 0.508 e. The molecule has 1 N–H and O–H groups in total. The number of phenolic OH excluding ortho intramolecular Hbond substituents is 1. The third kappa shape index (κ3) is 1.76. The summed E-state index contributed by atoms with van der Waals surface area (Å²) in [4.78, 5) is 0. The Kier molecular flexibility index (Phi) is 2.56. The monoisotopic (exact) mass is 238 g/mol. The van der Waals surface area contributed by atoms with Gasteiger partial charge in [-0.2, -0.15) is 0 Å². The van der Waals surface area contributed by atoms with Gasteiger partial charge in [0.25, 0.3) is 0 Å². The minimum absolute atomic E-state index is 0.283. The van der Waals surface area contributed by atoms with Crippen LogP contribution in [0.15, 0.2) is 42.5 Å². The normalized spacial score (nSPS) is 13.5. The van der Waals surface area contributed by atoms with Gasteiger partial charge in [-0.1, -0.05) is 30.3 Å². The number of phenols is 1. The first-order valence-electron chi connectivity index (χ1n) is 5.97. The van der Waals surface area contributed by atoms with Crippen molar-refractivity contribution in [3.05, 3.63) is 59.2 Å². The summed E-state index contributed by atoms with van der Waals surface area (Å²) in [5, 5.41) is 9.66. The van der Waals surface area contributed by atoms with E-state index in [2.05, 4.69) is 18.2 Å². The zero-order valence-corrected chi connectivity index (χ0v) is 10.2. The highest BCUT2D eigenvalue weighted by atomic mass is 16.5. The van der Waals surface area contributed by atoms with Crippen LogP contribution in [-0.4, -0.2) is 11.7 Å². The standard InChI is InChI=1S/C16H14O2/c1-11-15(17)8-7-13-9-14(10-18-16(11)13)12-5-3-2-4-6-12/h2-9,17H,10H2,1H3. The smallest absolute Gasteiger partial charge is 0.133 e. The summed E-state index contributed by atoms with van der Waals surface area (Å²) < 4.78 is 5.77. The molecule has 1 aliphatic heterocycles. The lowest BCUT2D eigenvalue weighted by atomic mass is 9.99. The van der Waals surface area contributed by atoms with Crippen LogP contribution in [0.5, 0.6) is 11.5 Å². The van der Waals surface area contributed by atoms with Crippen LogP contribution in [0.1, 0.15) is 16.7 Å². The molecule has 2 aromatic carbocycles. The Labute approximate surface area is 106 Å². The second-order valence-corrected chi connectivity index (χ2v) is 4.45. The fourth-order valence-electron chi connectivity index (χ4n) is 2.21. The summed E-state index contributed by atoms with van der Waals surface area (Å²) >= 11 is 0. The summed E-state index contributed by atoms with van der Waals surface area (Å²) in [6, 6.07) is 13.8. The van der Waals surface area contributed by atoms with Crippen LogP contribution in [0.3, 0.4) is 0 Å². The number of fused-ring (bicyclic) bond motifs is 1. The Bertz CT molecular complexity index is 612. The van der Waals surface area contributed by atoms with Crippen LogP contribution in [0, 0.1) is 6.92 Å². The lowest BCUT2D eigenvalue weighted by Crippen LogP contribution is -2.07. The summed E-state index contributed by atoms with van der Waals surface area (Å²) in [5.74, 6) is 1.07. The Hall–Kier alpha value is -2.22. The van der Waals surface area contributed by atoms with Crippen LogP contribution in [0.2, 0.25) is 0 Å². The molecule has 0 aromatic heterocycles. The molecular weight excluding hydrogens is 224 g/mol. The molecule has 0 saturated carbocycles. The number of rotatable bonds is 1. The van der Waals surface area contributed by atoms with Crippen LogP contribution < -0.4 is 4.74 Å². The molecule has 2 nitrogen and oxygen atoms in total. The first-order valence-corrected chi connectivity index (χ1v) is 5.97. The Morgan fingerprint density at radius 1 is 1.06 bits per heavy atom. The minimum Gasteiger partial charge on any atom is -0.508 e. The van der Waals surface area contributed by atoms with Crippen molar-refractivity contribution in [2.45, 2.75) is 6.92 Å². The van der Waals surface area contributed by atoms with Gasteiger partial charge in [-0.25, -0.2) is 0 Å². The average molecular weight is 238 g/mol. The van der Waals surface area contributed by atoms with Gasteiger partial charge in [0.2, 0.25) is 0 Å². The van der Waals surface area contributed by atoms with E-state index in [-0.39, 0.29) is 5.75 Å². The van der Waals surface area contributed by atoms with Crippen molar-refractivity contribution in [2.75, 3.05) is 6.61 Å². The highest BCUT2D eigenvalue weighted by molar-refractivity contribution is 5.86. The molecule has 0 bridgehead atoms. The zero-order valence-electron chi connectivity index (χ0n) is 10.2. The van der Waals surface area contributed by atoms with Gasteiger partial charge >= 0.3 is 0 Å². The molecule has 0 unspecified atom stereocenters. The summed E-state index contributed by atoms with van der Waals surface area (Å²) in [5.41, 5.74) is 4.16. The van der Waals surface area contributed by atoms with Gasteiger partial charge in [-0.15, -0.1) is 0 Å². The molecule has 3 rings (SSSR count). The minimum atomic E-state index is 0.283. The van der Waals surface area contributed by atoms with Gasteiger partial charge in [0.15, 0.2) is 0 Å². The van der Waals surface area contributed by atoms with Gasteiger partial charge in [-0.3, -0.25) is 0 Å². The van der Waals surface area contributed by atoms with E-state index in [1.807, 2.05) is 31.2 Å². The van der Waals surface area contributed by atoms with E-state index < -0.39 is 0 Å². The first-order chi connectivity index (χ1) is 8.75. The van der Waals surface area contributed by atoms with Gasteiger partial charge in [-0.05, 0) is 36.3 Å². The molecule has 0 radical (unpaired) electrons. The first kappa shape index (κ1) is 10.9. The molecule has 2 aromatic rings. The fraction of sp³-hybridized carbons (Fsp3) is 0.125. The quantitative estimate of drug-likeness (QED) is 0.822. The van der Waals surface area contributed by atoms with Crippen LogP contribution >= 0.6 is 0 Å². The number of hydrogen-bond acceptors (Lipinski definition) is 2. The van der Waals surface area contributed by atoms with E-state index in [0.29, 0.717) is 6.61 Å². The van der Waals surface area contributed by atoms with Crippen LogP contribution in [0.4, 0.5) is 0 Å². The van der Waals surface area contributed by atoms with Crippen molar-refractivity contribution in [1.82, 2.24) is 0 Å². The maximum Gasteiger partial charge on any atom is 0.133 e. The Balaban J connectivity index is 2.07. The van der Waals surface area contributed by atoms with E-state index in [9.17, 15) is 5.11 Å². The third-order valence-corrected chi connectivity index (χ3v) is 3.25. The molecule has 0 aliphatic carbocycles. The molecule has 0 atom stereocenters. The molecular formula is C16H14O2. The molecule has 90 valence electrons. The van der Waals surface area contributed by atoms with Crippen molar-refractivity contribution in [3.8, 4) is 11.5 Å². The summed E-state index contributed by atoms with van der Waals surface area (Å²) in [6.45, 7) is 2.41. The summed E-state index contributed by atoms with van der Waals surface area (Å²) in [7, 11) is 0. The number of benzene rings is 2. The van der Waals surface area contributed by atoms with E-state index in [0.717, 1.165) is 22.4 Å². The highest BCUT2D eigenvalue weighted by Crippen LogP contribution is 2.36. The second-order valence-electron chi connectivity index (χ2n) is 4.45.